The van der Waals surface area contributed by atoms with Crippen molar-refractivity contribution in [3.8, 4) is 0 Å². The van der Waals surface area contributed by atoms with E-state index in [0.717, 1.165) is 25.7 Å². The number of phosphoric ester groups is 1. The monoisotopic (exact) mass is 607 g/mol. The summed E-state index contributed by atoms with van der Waals surface area (Å²) < 4.78 is 31.3. The van der Waals surface area contributed by atoms with Crippen molar-refractivity contribution in [1.29, 1.82) is 0 Å². The molecule has 3 unspecified atom stereocenters. The lowest BCUT2D eigenvalue weighted by Gasteiger charge is -2.20. The van der Waals surface area contributed by atoms with E-state index >= 15 is 0 Å². The molecule has 0 aliphatic rings. The van der Waals surface area contributed by atoms with Crippen molar-refractivity contribution in [2.24, 2.45) is 5.73 Å². The molecule has 0 fully saturated rings. The summed E-state index contributed by atoms with van der Waals surface area (Å²) in [7, 11) is -4.67. The molecule has 0 aromatic rings. The maximum absolute atomic E-state index is 12.2. The molecule has 4 N–H and O–H groups in total. The van der Waals surface area contributed by atoms with Gasteiger partial charge in [0.2, 0.25) is 0 Å². The molecule has 0 aromatic heterocycles. The first-order valence-electron chi connectivity index (χ1n) is 15.2. The number of carboxylic acids is 1. The molecule has 12 heteroatoms. The van der Waals surface area contributed by atoms with Crippen LogP contribution in [0.2, 0.25) is 0 Å². The first kappa shape index (κ1) is 39.2. The molecule has 3 atom stereocenters. The molecular formula is C29H54NO10P. The van der Waals surface area contributed by atoms with Crippen molar-refractivity contribution in [3.63, 3.8) is 0 Å². The van der Waals surface area contributed by atoms with Gasteiger partial charge in [0.1, 0.15) is 12.6 Å². The lowest BCUT2D eigenvalue weighted by atomic mass is 10.1. The van der Waals surface area contributed by atoms with E-state index in [4.69, 9.17) is 24.8 Å². The molecule has 0 aliphatic carbocycles. The van der Waals surface area contributed by atoms with E-state index < -0.39 is 51.1 Å². The Bertz CT molecular complexity index is 777. The summed E-state index contributed by atoms with van der Waals surface area (Å²) in [5.41, 5.74) is 5.22. The van der Waals surface area contributed by atoms with Crippen LogP contribution in [0, 0.1) is 0 Å². The molecule has 0 heterocycles. The minimum atomic E-state index is -4.67. The Hall–Kier alpha value is -1.78. The molecule has 0 saturated heterocycles. The predicted octanol–water partition coefficient (Wildman–Crippen LogP) is 6.21. The van der Waals surface area contributed by atoms with Crippen LogP contribution in [0.1, 0.15) is 123 Å². The van der Waals surface area contributed by atoms with Crippen LogP contribution in [0.25, 0.3) is 0 Å². The number of rotatable bonds is 28. The molecule has 0 bridgehead atoms. The lowest BCUT2D eigenvalue weighted by molar-refractivity contribution is -0.160. The Morgan fingerprint density at radius 2 is 1.27 bits per heavy atom. The summed E-state index contributed by atoms with van der Waals surface area (Å²) in [5.74, 6) is -2.58. The highest BCUT2D eigenvalue weighted by atomic mass is 31.2. The van der Waals surface area contributed by atoms with Crippen LogP contribution in [-0.2, 0) is 37.5 Å². The van der Waals surface area contributed by atoms with Gasteiger partial charge in [-0.25, -0.2) is 4.57 Å². The molecule has 0 aliphatic heterocycles. The summed E-state index contributed by atoms with van der Waals surface area (Å²) in [6.45, 7) is 1.69. The summed E-state index contributed by atoms with van der Waals surface area (Å²) in [6.07, 6.45) is 22.6. The molecule has 0 amide bonds. The summed E-state index contributed by atoms with van der Waals surface area (Å²) in [4.78, 5) is 43.7. The molecule has 240 valence electrons. The number of nitrogens with two attached hydrogens (primary N) is 1. The number of ether oxygens (including phenoxy) is 2. The van der Waals surface area contributed by atoms with Crippen molar-refractivity contribution in [2.45, 2.75) is 135 Å². The summed E-state index contributed by atoms with van der Waals surface area (Å²) >= 11 is 0. The van der Waals surface area contributed by atoms with Crippen molar-refractivity contribution in [3.05, 3.63) is 12.2 Å². The molecule has 0 aromatic carbocycles. The van der Waals surface area contributed by atoms with Crippen LogP contribution < -0.4 is 5.73 Å². The summed E-state index contributed by atoms with van der Waals surface area (Å²) in [6, 6.07) is -1.51. The Balaban J connectivity index is 3.96. The number of aliphatic carboxylic acids is 1. The zero-order chi connectivity index (χ0) is 30.8. The fraction of sp³-hybridized carbons (Fsp3) is 0.828. The smallest absolute Gasteiger partial charge is 0.472 e. The average molecular weight is 608 g/mol. The highest BCUT2D eigenvalue weighted by Gasteiger charge is 2.27. The topological polar surface area (TPSA) is 172 Å². The SMILES string of the molecule is CCCCCCCCC/C=C\CCCCCCCCCC(=O)OC(COC(C)=O)COP(=O)(O)OCC(N)C(=O)O. The first-order valence-corrected chi connectivity index (χ1v) is 16.6. The molecular weight excluding hydrogens is 553 g/mol. The molecule has 0 spiro atoms. The minimum Gasteiger partial charge on any atom is -0.480 e. The van der Waals surface area contributed by atoms with Gasteiger partial charge >= 0.3 is 25.7 Å². The fourth-order valence-corrected chi connectivity index (χ4v) is 4.68. The van der Waals surface area contributed by atoms with Crippen molar-refractivity contribution in [1.82, 2.24) is 0 Å². The molecule has 41 heavy (non-hydrogen) atoms. The number of unbranched alkanes of at least 4 members (excludes halogenated alkanes) is 14. The quantitative estimate of drug-likeness (QED) is 0.0399. The van der Waals surface area contributed by atoms with Gasteiger partial charge in [0.05, 0.1) is 13.2 Å². The average Bonchev–Trinajstić information content (AvgIpc) is 2.92. The van der Waals surface area contributed by atoms with Gasteiger partial charge in [-0.15, -0.1) is 0 Å². The second-order valence-electron chi connectivity index (χ2n) is 10.3. The van der Waals surface area contributed by atoms with E-state index in [1.54, 1.807) is 0 Å². The number of allylic oxidation sites excluding steroid dienone is 2. The van der Waals surface area contributed by atoms with Crippen LogP contribution in [0.4, 0.5) is 0 Å². The van der Waals surface area contributed by atoms with Crippen molar-refractivity contribution in [2.75, 3.05) is 19.8 Å². The maximum atomic E-state index is 12.2. The third-order valence-corrected chi connectivity index (χ3v) is 7.27. The van der Waals surface area contributed by atoms with Gasteiger partial charge in [0.15, 0.2) is 6.10 Å². The third-order valence-electron chi connectivity index (χ3n) is 6.32. The van der Waals surface area contributed by atoms with Crippen LogP contribution >= 0.6 is 7.82 Å². The highest BCUT2D eigenvalue weighted by Crippen LogP contribution is 2.43. The fourth-order valence-electron chi connectivity index (χ4n) is 3.90. The number of phosphoric acid groups is 1. The number of hydrogen-bond acceptors (Lipinski definition) is 9. The van der Waals surface area contributed by atoms with Gasteiger partial charge in [-0.05, 0) is 32.1 Å². The normalized spacial score (nSPS) is 14.4. The Morgan fingerprint density at radius 1 is 0.780 bits per heavy atom. The molecule has 11 nitrogen and oxygen atoms in total. The standard InChI is InChI=1S/C29H54NO10P/c1-3-4-5-6-7-8-9-10-11-12-13-14-15-16-17-18-19-20-21-28(32)40-26(22-37-25(2)31)23-38-41(35,36)39-24-27(30)29(33)34/h11-12,26-27H,3-10,13-24,30H2,1-2H3,(H,33,34)(H,35,36)/b12-11-. The van der Waals surface area contributed by atoms with Gasteiger partial charge in [-0.2, -0.15) is 0 Å². The zero-order valence-electron chi connectivity index (χ0n) is 25.1. The van der Waals surface area contributed by atoms with E-state index in [1.807, 2.05) is 0 Å². The molecule has 0 rings (SSSR count). The van der Waals surface area contributed by atoms with Crippen molar-refractivity contribution >= 4 is 25.7 Å². The van der Waals surface area contributed by atoms with Gasteiger partial charge in [0, 0.05) is 13.3 Å². The second-order valence-corrected chi connectivity index (χ2v) is 11.8. The first-order chi connectivity index (χ1) is 19.6. The third kappa shape index (κ3) is 26.8. The van der Waals surface area contributed by atoms with E-state index in [9.17, 15) is 23.8 Å². The van der Waals surface area contributed by atoms with Gasteiger partial charge in [-0.3, -0.25) is 23.4 Å². The van der Waals surface area contributed by atoms with Crippen LogP contribution in [0.3, 0.4) is 0 Å². The van der Waals surface area contributed by atoms with Gasteiger partial charge in [-0.1, -0.05) is 89.7 Å². The maximum Gasteiger partial charge on any atom is 0.472 e. The highest BCUT2D eigenvalue weighted by molar-refractivity contribution is 7.47. The van der Waals surface area contributed by atoms with Crippen LogP contribution in [0.5, 0.6) is 0 Å². The molecule has 0 saturated carbocycles. The van der Waals surface area contributed by atoms with E-state index in [0.29, 0.717) is 6.42 Å². The number of carboxylic acid groups (broad SMARTS) is 1. The zero-order valence-corrected chi connectivity index (χ0v) is 26.0. The second kappa shape index (κ2) is 25.9. The van der Waals surface area contributed by atoms with Gasteiger partial charge in [0.25, 0.3) is 0 Å². The number of esters is 2. The Labute approximate surface area is 246 Å². The van der Waals surface area contributed by atoms with E-state index in [2.05, 4.69) is 23.6 Å². The largest absolute Gasteiger partial charge is 0.480 e. The summed E-state index contributed by atoms with van der Waals surface area (Å²) in [5, 5.41) is 8.71. The van der Waals surface area contributed by atoms with E-state index in [-0.39, 0.29) is 13.0 Å². The Morgan fingerprint density at radius 3 is 1.78 bits per heavy atom. The van der Waals surface area contributed by atoms with E-state index in [1.165, 1.54) is 77.6 Å². The number of carbonyl (C=O) groups is 3. The Kier molecular flexibility index (Phi) is 24.8. The minimum absolute atomic E-state index is 0.154. The van der Waals surface area contributed by atoms with Crippen LogP contribution in [-0.4, -0.2) is 59.9 Å². The lowest BCUT2D eigenvalue weighted by Crippen LogP contribution is -2.34. The van der Waals surface area contributed by atoms with Gasteiger partial charge < -0.3 is 25.2 Å². The molecule has 0 radical (unpaired) electrons. The predicted molar refractivity (Wildman–Crippen MR) is 157 cm³/mol. The van der Waals surface area contributed by atoms with Crippen LogP contribution in [0.15, 0.2) is 12.2 Å². The number of carbonyl (C=O) groups excluding carboxylic acids is 2. The number of hydrogen-bond donors (Lipinski definition) is 3. The van der Waals surface area contributed by atoms with Crippen molar-refractivity contribution < 1.29 is 47.5 Å².